The molecule has 1 atom stereocenters. The average Bonchev–Trinajstić information content (AvgIpc) is 3.33. The minimum absolute atomic E-state index is 0.0837. The zero-order chi connectivity index (χ0) is 19.1. The van der Waals surface area contributed by atoms with Crippen LogP contribution in [0.2, 0.25) is 0 Å². The van der Waals surface area contributed by atoms with Gasteiger partial charge in [0.25, 0.3) is 0 Å². The van der Waals surface area contributed by atoms with Gasteiger partial charge in [-0.15, -0.1) is 0 Å². The third-order valence-electron chi connectivity index (χ3n) is 5.02. The first kappa shape index (κ1) is 19.2. The van der Waals surface area contributed by atoms with Gasteiger partial charge in [-0.3, -0.25) is 19.6 Å². The van der Waals surface area contributed by atoms with Crippen molar-refractivity contribution < 1.29 is 9.59 Å². The van der Waals surface area contributed by atoms with Crippen LogP contribution in [0.4, 0.5) is 4.79 Å². The Bertz CT molecular complexity index is 656. The zero-order valence-corrected chi connectivity index (χ0v) is 15.8. The number of amides is 3. The van der Waals surface area contributed by atoms with Crippen LogP contribution < -0.4 is 16.0 Å². The van der Waals surface area contributed by atoms with Crippen molar-refractivity contribution in [3.05, 3.63) is 35.9 Å². The van der Waals surface area contributed by atoms with E-state index in [9.17, 15) is 9.59 Å². The molecule has 2 saturated heterocycles. The smallest absolute Gasteiger partial charge is 0.324 e. The van der Waals surface area contributed by atoms with Gasteiger partial charge in [0.2, 0.25) is 5.91 Å². The van der Waals surface area contributed by atoms with Gasteiger partial charge in [-0.25, -0.2) is 4.79 Å². The SMILES string of the molecule is CN=C(NCCN1C(=O)CNC1=O)NCC(c1ccccc1)N1CCCC1. The van der Waals surface area contributed by atoms with E-state index < -0.39 is 0 Å². The van der Waals surface area contributed by atoms with Crippen molar-refractivity contribution in [3.8, 4) is 0 Å². The average molecular weight is 372 g/mol. The number of hydrogen-bond acceptors (Lipinski definition) is 4. The highest BCUT2D eigenvalue weighted by Gasteiger charge is 2.28. The molecule has 3 amide bonds. The lowest BCUT2D eigenvalue weighted by Gasteiger charge is -2.29. The molecule has 1 aromatic rings. The second-order valence-corrected chi connectivity index (χ2v) is 6.75. The van der Waals surface area contributed by atoms with E-state index in [1.165, 1.54) is 23.3 Å². The maximum atomic E-state index is 11.6. The molecule has 1 aromatic carbocycles. The molecule has 3 rings (SSSR count). The van der Waals surface area contributed by atoms with Gasteiger partial charge >= 0.3 is 6.03 Å². The van der Waals surface area contributed by atoms with Gasteiger partial charge in [0.1, 0.15) is 0 Å². The Morgan fingerprint density at radius 1 is 1.19 bits per heavy atom. The van der Waals surface area contributed by atoms with Crippen molar-refractivity contribution in [1.82, 2.24) is 25.8 Å². The Morgan fingerprint density at radius 3 is 2.56 bits per heavy atom. The van der Waals surface area contributed by atoms with Crippen LogP contribution in [0.25, 0.3) is 0 Å². The summed E-state index contributed by atoms with van der Waals surface area (Å²) in [6, 6.07) is 10.5. The van der Waals surface area contributed by atoms with E-state index in [0.717, 1.165) is 19.6 Å². The van der Waals surface area contributed by atoms with Gasteiger partial charge in [0, 0.05) is 26.7 Å². The molecule has 27 heavy (non-hydrogen) atoms. The Morgan fingerprint density at radius 2 is 1.93 bits per heavy atom. The van der Waals surface area contributed by atoms with E-state index in [1.54, 1.807) is 7.05 Å². The number of guanidine groups is 1. The van der Waals surface area contributed by atoms with E-state index in [0.29, 0.717) is 19.0 Å². The van der Waals surface area contributed by atoms with Crippen molar-refractivity contribution in [1.29, 1.82) is 0 Å². The molecule has 146 valence electrons. The Balaban J connectivity index is 1.52. The van der Waals surface area contributed by atoms with Crippen molar-refractivity contribution in [2.45, 2.75) is 18.9 Å². The molecule has 0 saturated carbocycles. The number of rotatable bonds is 7. The first-order valence-electron chi connectivity index (χ1n) is 9.50. The van der Waals surface area contributed by atoms with Gasteiger partial charge in [-0.1, -0.05) is 30.3 Å². The Labute approximate surface area is 160 Å². The summed E-state index contributed by atoms with van der Waals surface area (Å²) in [5.41, 5.74) is 1.29. The van der Waals surface area contributed by atoms with Gasteiger partial charge in [-0.05, 0) is 31.5 Å². The monoisotopic (exact) mass is 372 g/mol. The fraction of sp³-hybridized carbons (Fsp3) is 0.526. The minimum atomic E-state index is -0.331. The van der Waals surface area contributed by atoms with E-state index in [2.05, 4.69) is 50.1 Å². The maximum absolute atomic E-state index is 11.6. The normalized spacial score (nSPS) is 19.3. The maximum Gasteiger partial charge on any atom is 0.324 e. The van der Waals surface area contributed by atoms with Crippen LogP contribution in [0.3, 0.4) is 0 Å². The summed E-state index contributed by atoms with van der Waals surface area (Å²) < 4.78 is 0. The molecule has 0 aliphatic carbocycles. The number of urea groups is 1. The molecule has 8 heteroatoms. The topological polar surface area (TPSA) is 89.1 Å². The van der Waals surface area contributed by atoms with Crippen LogP contribution in [-0.4, -0.2) is 74.0 Å². The molecule has 2 heterocycles. The van der Waals surface area contributed by atoms with E-state index >= 15 is 0 Å². The largest absolute Gasteiger partial charge is 0.355 e. The molecule has 0 spiro atoms. The van der Waals surface area contributed by atoms with Crippen LogP contribution in [0.5, 0.6) is 0 Å². The number of nitrogens with zero attached hydrogens (tertiary/aromatic N) is 3. The summed E-state index contributed by atoms with van der Waals surface area (Å²) in [6.45, 7) is 3.82. The highest BCUT2D eigenvalue weighted by atomic mass is 16.2. The highest BCUT2D eigenvalue weighted by Crippen LogP contribution is 2.24. The fourth-order valence-electron chi connectivity index (χ4n) is 3.57. The lowest BCUT2D eigenvalue weighted by Crippen LogP contribution is -2.45. The van der Waals surface area contributed by atoms with Gasteiger partial charge in [0.15, 0.2) is 5.96 Å². The third-order valence-corrected chi connectivity index (χ3v) is 5.02. The summed E-state index contributed by atoms with van der Waals surface area (Å²) in [5.74, 6) is 0.477. The van der Waals surface area contributed by atoms with Crippen molar-refractivity contribution in [3.63, 3.8) is 0 Å². The molecule has 2 fully saturated rings. The van der Waals surface area contributed by atoms with E-state index in [1.807, 2.05) is 6.07 Å². The van der Waals surface area contributed by atoms with E-state index in [4.69, 9.17) is 0 Å². The zero-order valence-electron chi connectivity index (χ0n) is 15.8. The summed E-state index contributed by atoms with van der Waals surface area (Å²) in [5, 5.41) is 9.09. The van der Waals surface area contributed by atoms with Crippen molar-refractivity contribution in [2.75, 3.05) is 46.3 Å². The number of aliphatic imine (C=N–C) groups is 1. The summed E-state index contributed by atoms with van der Waals surface area (Å²) in [6.07, 6.45) is 2.48. The van der Waals surface area contributed by atoms with Gasteiger partial charge < -0.3 is 16.0 Å². The number of likely N-dealkylation sites (tertiary alicyclic amines) is 1. The predicted octanol–water partition coefficient (Wildman–Crippen LogP) is 0.540. The van der Waals surface area contributed by atoms with Crippen molar-refractivity contribution >= 4 is 17.9 Å². The minimum Gasteiger partial charge on any atom is -0.355 e. The number of benzene rings is 1. The van der Waals surface area contributed by atoms with E-state index in [-0.39, 0.29) is 24.5 Å². The van der Waals surface area contributed by atoms with Crippen LogP contribution in [0, 0.1) is 0 Å². The summed E-state index contributed by atoms with van der Waals surface area (Å²) in [7, 11) is 1.72. The summed E-state index contributed by atoms with van der Waals surface area (Å²) in [4.78, 5) is 31.2. The van der Waals surface area contributed by atoms with Crippen LogP contribution in [0.15, 0.2) is 35.3 Å². The van der Waals surface area contributed by atoms with Gasteiger partial charge in [0.05, 0.1) is 12.6 Å². The molecule has 8 nitrogen and oxygen atoms in total. The fourth-order valence-corrected chi connectivity index (χ4v) is 3.57. The second kappa shape index (κ2) is 9.36. The lowest BCUT2D eigenvalue weighted by molar-refractivity contribution is -0.124. The predicted molar refractivity (Wildman–Crippen MR) is 104 cm³/mol. The number of hydrogen-bond donors (Lipinski definition) is 3. The first-order valence-corrected chi connectivity index (χ1v) is 9.50. The number of carbonyl (C=O) groups is 2. The Kier molecular flexibility index (Phi) is 6.64. The summed E-state index contributed by atoms with van der Waals surface area (Å²) >= 11 is 0. The Hall–Kier alpha value is -2.61. The highest BCUT2D eigenvalue weighted by molar-refractivity contribution is 6.01. The molecular formula is C19H28N6O2. The van der Waals surface area contributed by atoms with Crippen molar-refractivity contribution in [2.24, 2.45) is 4.99 Å². The molecule has 0 bridgehead atoms. The quantitative estimate of drug-likeness (QED) is 0.369. The number of carbonyl (C=O) groups excluding carboxylic acids is 2. The number of imide groups is 1. The van der Waals surface area contributed by atoms with Crippen LogP contribution in [0.1, 0.15) is 24.4 Å². The molecule has 0 radical (unpaired) electrons. The molecule has 3 N–H and O–H groups in total. The van der Waals surface area contributed by atoms with Gasteiger partial charge in [-0.2, -0.15) is 0 Å². The lowest BCUT2D eigenvalue weighted by atomic mass is 10.1. The molecule has 2 aliphatic rings. The van der Waals surface area contributed by atoms with Crippen LogP contribution in [-0.2, 0) is 4.79 Å². The standard InChI is InChI=1S/C19H28N6O2/c1-20-18(21-9-12-25-17(26)14-23-19(25)27)22-13-16(24-10-5-6-11-24)15-7-3-2-4-8-15/h2-4,7-8,16H,5-6,9-14H2,1H3,(H,23,27)(H2,20,21,22). The molecule has 0 aromatic heterocycles. The molecular weight excluding hydrogens is 344 g/mol. The number of nitrogens with one attached hydrogen (secondary N) is 3. The van der Waals surface area contributed by atoms with Crippen LogP contribution >= 0.6 is 0 Å². The second-order valence-electron chi connectivity index (χ2n) is 6.75. The first-order chi connectivity index (χ1) is 13.2. The third kappa shape index (κ3) is 4.97. The molecule has 2 aliphatic heterocycles. The molecule has 1 unspecified atom stereocenters.